The van der Waals surface area contributed by atoms with Crippen LogP contribution in [0.15, 0.2) is 67.0 Å². The number of para-hydroxylation sites is 1. The third-order valence-electron chi connectivity index (χ3n) is 3.92. The Hall–Kier alpha value is -2.93. The fourth-order valence-electron chi connectivity index (χ4n) is 2.70. The van der Waals surface area contributed by atoms with Gasteiger partial charge >= 0.3 is 10.0 Å². The molecule has 0 atom stereocenters. The van der Waals surface area contributed by atoms with Gasteiger partial charge in [0.05, 0.1) is 23.7 Å². The lowest BCUT2D eigenvalue weighted by molar-refractivity contribution is -0.679. The van der Waals surface area contributed by atoms with Gasteiger partial charge in [0.1, 0.15) is 23.8 Å². The first-order chi connectivity index (χ1) is 12.1. The summed E-state index contributed by atoms with van der Waals surface area (Å²) in [5.41, 5.74) is 1.41. The molecule has 0 aliphatic carbocycles. The third kappa shape index (κ3) is 3.32. The van der Waals surface area contributed by atoms with E-state index in [2.05, 4.69) is 9.71 Å². The summed E-state index contributed by atoms with van der Waals surface area (Å²) in [7, 11) is -3.30. The van der Waals surface area contributed by atoms with Crippen molar-refractivity contribution in [3.8, 4) is 22.8 Å². The molecule has 0 saturated carbocycles. The Labute approximate surface area is 145 Å². The van der Waals surface area contributed by atoms with Gasteiger partial charge in [-0.2, -0.15) is 13.1 Å². The summed E-state index contributed by atoms with van der Waals surface area (Å²) in [6, 6.07) is 16.8. The van der Waals surface area contributed by atoms with Crippen LogP contribution in [0.3, 0.4) is 0 Å². The molecule has 0 fully saturated rings. The third-order valence-corrected chi connectivity index (χ3v) is 5.14. The molecule has 7 heteroatoms. The lowest BCUT2D eigenvalue weighted by Crippen LogP contribution is -2.47. The summed E-state index contributed by atoms with van der Waals surface area (Å²) >= 11 is 0. The lowest BCUT2D eigenvalue weighted by Gasteiger charge is -2.15. The Bertz CT molecular complexity index is 1000. The Balaban J connectivity index is 1.65. The summed E-state index contributed by atoms with van der Waals surface area (Å²) < 4.78 is 34.0. The van der Waals surface area contributed by atoms with Crippen LogP contribution in [0.2, 0.25) is 0 Å². The number of aromatic nitrogens is 2. The number of fused-ring (bicyclic) bond motifs is 1. The van der Waals surface area contributed by atoms with E-state index in [4.69, 9.17) is 4.74 Å². The van der Waals surface area contributed by atoms with Gasteiger partial charge in [0.15, 0.2) is 0 Å². The molecule has 0 spiro atoms. The average molecular weight is 354 g/mol. The van der Waals surface area contributed by atoms with Gasteiger partial charge in [0.2, 0.25) is 0 Å². The number of anilines is 1. The first kappa shape index (κ1) is 15.6. The molecule has 0 unspecified atom stereocenters. The second-order valence-electron chi connectivity index (χ2n) is 5.68. The Morgan fingerprint density at radius 3 is 2.60 bits per heavy atom. The molecule has 2 aromatic heterocycles. The first-order valence-corrected chi connectivity index (χ1v) is 9.48. The number of benzene rings is 1. The van der Waals surface area contributed by atoms with Crippen LogP contribution in [0.1, 0.15) is 0 Å². The molecule has 1 aliphatic rings. The number of hydrogen-bond acceptors (Lipinski definition) is 4. The van der Waals surface area contributed by atoms with Crippen LogP contribution in [-0.4, -0.2) is 19.2 Å². The monoisotopic (exact) mass is 354 g/mol. The zero-order valence-corrected chi connectivity index (χ0v) is 14.1. The Kier molecular flexibility index (Phi) is 3.85. The highest BCUT2D eigenvalue weighted by molar-refractivity contribution is 7.92. The molecule has 0 bridgehead atoms. The molecule has 0 saturated heterocycles. The maximum absolute atomic E-state index is 11.9. The number of nitrogens with zero attached hydrogens (tertiary/aromatic N) is 2. The second kappa shape index (κ2) is 6.18. The number of hydrogen-bond donors (Lipinski definition) is 1. The van der Waals surface area contributed by atoms with Crippen molar-refractivity contribution in [3.05, 3.63) is 67.0 Å². The minimum absolute atomic E-state index is 0.0748. The zero-order valence-electron chi connectivity index (χ0n) is 13.3. The van der Waals surface area contributed by atoms with Gasteiger partial charge in [0.25, 0.3) is 5.82 Å². The van der Waals surface area contributed by atoms with E-state index in [1.54, 1.807) is 6.20 Å². The minimum atomic E-state index is -3.30. The lowest BCUT2D eigenvalue weighted by atomic mass is 10.1. The van der Waals surface area contributed by atoms with Gasteiger partial charge in [0, 0.05) is 0 Å². The summed E-state index contributed by atoms with van der Waals surface area (Å²) in [6.45, 7) is 0.424. The van der Waals surface area contributed by atoms with Crippen molar-refractivity contribution in [1.29, 1.82) is 0 Å². The van der Waals surface area contributed by atoms with E-state index in [1.165, 1.54) is 0 Å². The number of sulfonamides is 1. The van der Waals surface area contributed by atoms with Crippen molar-refractivity contribution in [2.24, 2.45) is 0 Å². The Morgan fingerprint density at radius 1 is 1.00 bits per heavy atom. The fraction of sp³-hybridized carbons (Fsp3) is 0.111. The maximum Gasteiger partial charge on any atom is 0.302 e. The normalized spacial score (nSPS) is 15.0. The van der Waals surface area contributed by atoms with Gasteiger partial charge in [-0.1, -0.05) is 18.2 Å². The van der Waals surface area contributed by atoms with Crippen molar-refractivity contribution < 1.29 is 17.7 Å². The smallest absolute Gasteiger partial charge is 0.302 e. The molecule has 3 aromatic rings. The summed E-state index contributed by atoms with van der Waals surface area (Å²) in [6.07, 6.45) is 3.48. The molecule has 6 nitrogen and oxygen atoms in total. The van der Waals surface area contributed by atoms with Crippen molar-refractivity contribution in [1.82, 2.24) is 4.98 Å². The van der Waals surface area contributed by atoms with Gasteiger partial charge in [-0.3, -0.25) is 4.98 Å². The van der Waals surface area contributed by atoms with Gasteiger partial charge in [-0.25, -0.2) is 4.57 Å². The van der Waals surface area contributed by atoms with E-state index in [0.29, 0.717) is 23.8 Å². The summed E-state index contributed by atoms with van der Waals surface area (Å²) in [5.74, 6) is 1.97. The molecule has 3 heterocycles. The van der Waals surface area contributed by atoms with Crippen molar-refractivity contribution >= 4 is 15.8 Å². The summed E-state index contributed by atoms with van der Waals surface area (Å²) in [4.78, 5) is 4.43. The van der Waals surface area contributed by atoms with E-state index in [1.807, 2.05) is 65.4 Å². The molecule has 1 aliphatic heterocycles. The average Bonchev–Trinajstić information content (AvgIpc) is 2.62. The first-order valence-electron chi connectivity index (χ1n) is 7.83. The highest BCUT2D eigenvalue weighted by atomic mass is 32.2. The van der Waals surface area contributed by atoms with E-state index in [0.717, 1.165) is 11.3 Å². The second-order valence-corrected chi connectivity index (χ2v) is 7.52. The minimum Gasteiger partial charge on any atom is -0.456 e. The van der Waals surface area contributed by atoms with Crippen LogP contribution in [0.5, 0.6) is 11.5 Å². The standard InChI is InChI=1S/C18H15N3O3S/c22-25(23)12-11-21-10-4-7-16(18(21)20-25)17-9-8-15(13-19-17)24-14-5-2-1-3-6-14/h1-10,13H,11-12H2/p+1. The number of ether oxygens (including phenoxy) is 1. The van der Waals surface area contributed by atoms with Crippen molar-refractivity contribution in [2.45, 2.75) is 6.54 Å². The van der Waals surface area contributed by atoms with Crippen LogP contribution in [0.4, 0.5) is 5.82 Å². The molecule has 0 amide bonds. The molecule has 1 N–H and O–H groups in total. The predicted octanol–water partition coefficient (Wildman–Crippen LogP) is 2.58. The van der Waals surface area contributed by atoms with Gasteiger partial charge in [-0.15, -0.1) is 0 Å². The largest absolute Gasteiger partial charge is 0.456 e. The Morgan fingerprint density at radius 2 is 1.84 bits per heavy atom. The predicted molar refractivity (Wildman–Crippen MR) is 93.8 cm³/mol. The zero-order chi connectivity index (χ0) is 17.3. The highest BCUT2D eigenvalue weighted by Crippen LogP contribution is 2.28. The number of rotatable bonds is 3. The number of pyridine rings is 2. The topological polar surface area (TPSA) is 72.2 Å². The van der Waals surface area contributed by atoms with E-state index >= 15 is 0 Å². The molecular weight excluding hydrogens is 338 g/mol. The van der Waals surface area contributed by atoms with E-state index < -0.39 is 10.0 Å². The molecular formula is C18H16N3O3S+. The van der Waals surface area contributed by atoms with Crippen LogP contribution in [0, 0.1) is 0 Å². The molecule has 1 aromatic carbocycles. The number of nitrogens with one attached hydrogen (secondary N) is 1. The van der Waals surface area contributed by atoms with Crippen LogP contribution >= 0.6 is 0 Å². The summed E-state index contributed by atoms with van der Waals surface area (Å²) in [5, 5.41) is 0. The van der Waals surface area contributed by atoms with Crippen molar-refractivity contribution in [3.63, 3.8) is 0 Å². The van der Waals surface area contributed by atoms with Crippen LogP contribution < -0.4 is 14.0 Å². The van der Waals surface area contributed by atoms with Gasteiger partial charge in [-0.05, 0) is 36.4 Å². The fourth-order valence-corrected chi connectivity index (χ4v) is 3.76. The quantitative estimate of drug-likeness (QED) is 0.734. The number of aryl methyl sites for hydroxylation is 1. The maximum atomic E-state index is 11.9. The molecule has 25 heavy (non-hydrogen) atoms. The van der Waals surface area contributed by atoms with E-state index in [9.17, 15) is 8.42 Å². The molecule has 0 radical (unpaired) electrons. The van der Waals surface area contributed by atoms with Gasteiger partial charge < -0.3 is 4.74 Å². The molecule has 4 rings (SSSR count). The van der Waals surface area contributed by atoms with Crippen LogP contribution in [-0.2, 0) is 16.6 Å². The SMILES string of the molecule is O=S1(=O)CC[n+]2cccc(-c3ccc(Oc4ccccc4)cn3)c2N1. The highest BCUT2D eigenvalue weighted by Gasteiger charge is 2.30. The van der Waals surface area contributed by atoms with Crippen molar-refractivity contribution in [2.75, 3.05) is 10.5 Å². The van der Waals surface area contributed by atoms with E-state index in [-0.39, 0.29) is 5.75 Å². The van der Waals surface area contributed by atoms with Crippen LogP contribution in [0.25, 0.3) is 11.3 Å². The molecule has 126 valence electrons.